The van der Waals surface area contributed by atoms with Gasteiger partial charge in [-0.15, -0.1) is 0 Å². The summed E-state index contributed by atoms with van der Waals surface area (Å²) in [5.74, 6) is 1.24. The Morgan fingerprint density at radius 3 is 2.46 bits per heavy atom. The molecule has 0 bridgehead atoms. The minimum Gasteiger partial charge on any atom is -0.454 e. The van der Waals surface area contributed by atoms with Gasteiger partial charge in [-0.1, -0.05) is 0 Å². The molecule has 0 N–H and O–H groups in total. The summed E-state index contributed by atoms with van der Waals surface area (Å²) < 4.78 is 10.6. The summed E-state index contributed by atoms with van der Waals surface area (Å²) in [6.07, 6.45) is 2.51. The third-order valence-corrected chi connectivity index (χ3v) is 4.63. The third-order valence-electron chi connectivity index (χ3n) is 4.63. The zero-order valence-electron chi connectivity index (χ0n) is 13.7. The van der Waals surface area contributed by atoms with Crippen molar-refractivity contribution in [3.8, 4) is 11.5 Å². The van der Waals surface area contributed by atoms with E-state index in [2.05, 4.69) is 17.0 Å². The zero-order valence-corrected chi connectivity index (χ0v) is 13.7. The molecule has 0 aromatic heterocycles. The first-order valence-corrected chi connectivity index (χ1v) is 8.25. The van der Waals surface area contributed by atoms with Crippen LogP contribution in [0.4, 0.5) is 11.4 Å². The van der Waals surface area contributed by atoms with Crippen molar-refractivity contribution >= 4 is 17.3 Å². The van der Waals surface area contributed by atoms with Gasteiger partial charge in [0.25, 0.3) is 5.91 Å². The second-order valence-corrected chi connectivity index (χ2v) is 6.14. The lowest BCUT2D eigenvalue weighted by molar-refractivity contribution is 0.0992. The first-order chi connectivity index (χ1) is 11.7. The number of anilines is 2. The summed E-state index contributed by atoms with van der Waals surface area (Å²) in [5, 5.41) is 0. The van der Waals surface area contributed by atoms with E-state index in [0.717, 1.165) is 18.8 Å². The summed E-state index contributed by atoms with van der Waals surface area (Å²) in [5.41, 5.74) is 2.69. The van der Waals surface area contributed by atoms with Crippen LogP contribution in [-0.4, -0.2) is 32.8 Å². The summed E-state index contributed by atoms with van der Waals surface area (Å²) >= 11 is 0. The molecule has 1 saturated heterocycles. The second kappa shape index (κ2) is 6.07. The van der Waals surface area contributed by atoms with E-state index < -0.39 is 0 Å². The topological polar surface area (TPSA) is 42.0 Å². The highest BCUT2D eigenvalue weighted by atomic mass is 16.7. The Balaban J connectivity index is 1.52. The molecule has 0 atom stereocenters. The molecule has 4 rings (SSSR count). The monoisotopic (exact) mass is 324 g/mol. The number of benzene rings is 2. The Bertz CT molecular complexity index is 752. The zero-order chi connectivity index (χ0) is 16.5. The maximum Gasteiger partial charge on any atom is 0.258 e. The number of hydrogen-bond donors (Lipinski definition) is 0. The molecule has 1 amide bonds. The van der Waals surface area contributed by atoms with Crippen molar-refractivity contribution in [3.63, 3.8) is 0 Å². The number of hydrogen-bond acceptors (Lipinski definition) is 4. The highest BCUT2D eigenvalue weighted by molar-refractivity contribution is 6.06. The van der Waals surface area contributed by atoms with Crippen LogP contribution in [0.25, 0.3) is 0 Å². The fourth-order valence-electron chi connectivity index (χ4n) is 3.20. The molecule has 0 radical (unpaired) electrons. The van der Waals surface area contributed by atoms with Crippen molar-refractivity contribution in [3.05, 3.63) is 48.0 Å². The molecule has 5 heteroatoms. The van der Waals surface area contributed by atoms with Crippen LogP contribution in [0, 0.1) is 0 Å². The van der Waals surface area contributed by atoms with Crippen LogP contribution >= 0.6 is 0 Å². The maximum atomic E-state index is 12.7. The van der Waals surface area contributed by atoms with E-state index >= 15 is 0 Å². The summed E-state index contributed by atoms with van der Waals surface area (Å²) in [7, 11) is 1.79. The van der Waals surface area contributed by atoms with Gasteiger partial charge in [-0.25, -0.2) is 0 Å². The molecule has 2 aromatic rings. The Morgan fingerprint density at radius 2 is 1.71 bits per heavy atom. The van der Waals surface area contributed by atoms with Gasteiger partial charge in [-0.05, 0) is 55.3 Å². The molecule has 2 aliphatic heterocycles. The van der Waals surface area contributed by atoms with Gasteiger partial charge in [0, 0.05) is 37.1 Å². The van der Waals surface area contributed by atoms with E-state index in [1.54, 1.807) is 30.1 Å². The first-order valence-electron chi connectivity index (χ1n) is 8.25. The van der Waals surface area contributed by atoms with E-state index in [4.69, 9.17) is 9.47 Å². The molecule has 2 aliphatic rings. The van der Waals surface area contributed by atoms with E-state index in [-0.39, 0.29) is 12.7 Å². The fourth-order valence-corrected chi connectivity index (χ4v) is 3.20. The number of carbonyl (C=O) groups excluding carboxylic acids is 1. The Labute approximate surface area is 141 Å². The van der Waals surface area contributed by atoms with Crippen LogP contribution < -0.4 is 19.3 Å². The molecule has 0 aliphatic carbocycles. The lowest BCUT2D eigenvalue weighted by Crippen LogP contribution is -2.26. The maximum absolute atomic E-state index is 12.7. The predicted molar refractivity (Wildman–Crippen MR) is 93.2 cm³/mol. The van der Waals surface area contributed by atoms with Gasteiger partial charge in [0.2, 0.25) is 6.79 Å². The average Bonchev–Trinajstić information content (AvgIpc) is 3.31. The molecule has 0 spiro atoms. The minimum absolute atomic E-state index is 0.0674. The summed E-state index contributed by atoms with van der Waals surface area (Å²) in [6.45, 7) is 2.44. The van der Waals surface area contributed by atoms with Crippen molar-refractivity contribution in [2.75, 3.05) is 36.7 Å². The molecular weight excluding hydrogens is 304 g/mol. The normalized spacial score (nSPS) is 15.6. The van der Waals surface area contributed by atoms with Crippen LogP contribution in [-0.2, 0) is 0 Å². The molecule has 24 heavy (non-hydrogen) atoms. The summed E-state index contributed by atoms with van der Waals surface area (Å²) in [4.78, 5) is 16.7. The average molecular weight is 324 g/mol. The number of amides is 1. The quantitative estimate of drug-likeness (QED) is 0.869. The van der Waals surface area contributed by atoms with E-state index in [9.17, 15) is 4.79 Å². The standard InChI is InChI=1S/C19H20N2O3/c1-20(15-5-7-16(8-6-15)21-10-2-3-11-21)19(22)14-4-9-17-18(12-14)24-13-23-17/h4-9,12H,2-3,10-11,13H2,1H3. The number of carbonyl (C=O) groups is 1. The van der Waals surface area contributed by atoms with Gasteiger partial charge in [-0.3, -0.25) is 4.79 Å². The Hall–Kier alpha value is -2.69. The fraction of sp³-hybridized carbons (Fsp3) is 0.316. The smallest absolute Gasteiger partial charge is 0.258 e. The van der Waals surface area contributed by atoms with Crippen LogP contribution in [0.5, 0.6) is 11.5 Å². The van der Waals surface area contributed by atoms with Crippen LogP contribution in [0.1, 0.15) is 23.2 Å². The molecular formula is C19H20N2O3. The minimum atomic E-state index is -0.0674. The SMILES string of the molecule is CN(C(=O)c1ccc2c(c1)OCO2)c1ccc(N2CCCC2)cc1. The molecule has 124 valence electrons. The lowest BCUT2D eigenvalue weighted by Gasteiger charge is -2.21. The molecule has 2 heterocycles. The molecule has 2 aromatic carbocycles. The van der Waals surface area contributed by atoms with Crippen LogP contribution in [0.15, 0.2) is 42.5 Å². The van der Waals surface area contributed by atoms with Gasteiger partial charge in [0.05, 0.1) is 0 Å². The van der Waals surface area contributed by atoms with Crippen molar-refractivity contribution in [2.45, 2.75) is 12.8 Å². The van der Waals surface area contributed by atoms with Crippen LogP contribution in [0.2, 0.25) is 0 Å². The predicted octanol–water partition coefficient (Wildman–Crippen LogP) is 3.29. The van der Waals surface area contributed by atoms with E-state index in [1.165, 1.54) is 18.5 Å². The Morgan fingerprint density at radius 1 is 1.00 bits per heavy atom. The lowest BCUT2D eigenvalue weighted by atomic mass is 10.1. The van der Waals surface area contributed by atoms with Crippen molar-refractivity contribution in [2.24, 2.45) is 0 Å². The van der Waals surface area contributed by atoms with Gasteiger partial charge >= 0.3 is 0 Å². The van der Waals surface area contributed by atoms with Crippen LogP contribution in [0.3, 0.4) is 0 Å². The first kappa shape index (κ1) is 14.9. The van der Waals surface area contributed by atoms with Gasteiger partial charge in [-0.2, -0.15) is 0 Å². The molecule has 5 nitrogen and oxygen atoms in total. The highest BCUT2D eigenvalue weighted by Crippen LogP contribution is 2.33. The van der Waals surface area contributed by atoms with Crippen molar-refractivity contribution in [1.82, 2.24) is 0 Å². The summed E-state index contributed by atoms with van der Waals surface area (Å²) in [6, 6.07) is 13.5. The van der Waals surface area contributed by atoms with Crippen molar-refractivity contribution in [1.29, 1.82) is 0 Å². The molecule has 0 unspecified atom stereocenters. The molecule has 0 saturated carbocycles. The second-order valence-electron chi connectivity index (χ2n) is 6.14. The number of rotatable bonds is 3. The molecule has 1 fully saturated rings. The van der Waals surface area contributed by atoms with Gasteiger partial charge in [0.1, 0.15) is 0 Å². The third kappa shape index (κ3) is 2.66. The Kier molecular flexibility index (Phi) is 3.76. The van der Waals surface area contributed by atoms with E-state index in [1.807, 2.05) is 12.1 Å². The largest absolute Gasteiger partial charge is 0.454 e. The highest BCUT2D eigenvalue weighted by Gasteiger charge is 2.19. The van der Waals surface area contributed by atoms with Gasteiger partial charge in [0.15, 0.2) is 11.5 Å². The number of nitrogens with zero attached hydrogens (tertiary/aromatic N) is 2. The van der Waals surface area contributed by atoms with Gasteiger partial charge < -0.3 is 19.3 Å². The number of fused-ring (bicyclic) bond motifs is 1. The van der Waals surface area contributed by atoms with E-state index in [0.29, 0.717) is 17.1 Å². The van der Waals surface area contributed by atoms with Crippen molar-refractivity contribution < 1.29 is 14.3 Å². The number of ether oxygens (including phenoxy) is 2.